The molecule has 0 aliphatic carbocycles. The summed E-state index contributed by atoms with van der Waals surface area (Å²) >= 11 is 0. The van der Waals surface area contributed by atoms with Crippen molar-refractivity contribution in [2.45, 2.75) is 58.7 Å². The zero-order chi connectivity index (χ0) is 18.2. The van der Waals surface area contributed by atoms with Crippen LogP contribution in [0.1, 0.15) is 57.7 Å². The molecule has 1 aromatic carbocycles. The molecule has 2 N–H and O–H groups in total. The molecule has 0 saturated carbocycles. The highest BCUT2D eigenvalue weighted by atomic mass is 16.6. The van der Waals surface area contributed by atoms with E-state index in [-0.39, 0.29) is 10.8 Å². The number of carboxylic acids is 1. The molecule has 1 fully saturated rings. The van der Waals surface area contributed by atoms with Crippen molar-refractivity contribution in [2.75, 3.05) is 0 Å². The second kappa shape index (κ2) is 6.51. The molecule has 2 rings (SSSR count). The van der Waals surface area contributed by atoms with Crippen LogP contribution < -0.4 is 5.32 Å². The van der Waals surface area contributed by atoms with Gasteiger partial charge in [-0.1, -0.05) is 58.9 Å². The number of carboxylic acid groups (broad SMARTS) is 1. The Balaban J connectivity index is 2.58. The molecule has 0 bridgehead atoms. The Hall–Kier alpha value is -1.95. The van der Waals surface area contributed by atoms with Crippen LogP contribution in [0.3, 0.4) is 0 Å². The fourth-order valence-electron chi connectivity index (χ4n) is 3.88. The highest BCUT2D eigenvalue weighted by Crippen LogP contribution is 2.44. The van der Waals surface area contributed by atoms with Crippen molar-refractivity contribution in [2.24, 2.45) is 11.3 Å². The van der Waals surface area contributed by atoms with Gasteiger partial charge in [0, 0.05) is 4.92 Å². The lowest BCUT2D eigenvalue weighted by molar-refractivity contribution is -0.535. The van der Waals surface area contributed by atoms with Gasteiger partial charge in [-0.25, -0.2) is 0 Å². The highest BCUT2D eigenvalue weighted by Gasteiger charge is 2.58. The van der Waals surface area contributed by atoms with Gasteiger partial charge in [0.2, 0.25) is 6.04 Å². The molecule has 132 valence electrons. The van der Waals surface area contributed by atoms with Gasteiger partial charge < -0.3 is 5.11 Å². The first-order valence-electron chi connectivity index (χ1n) is 8.27. The maximum absolute atomic E-state index is 11.9. The van der Waals surface area contributed by atoms with E-state index in [0.717, 1.165) is 11.1 Å². The fraction of sp³-hybridized carbons (Fsp3) is 0.611. The summed E-state index contributed by atoms with van der Waals surface area (Å²) in [6, 6.07) is 5.05. The van der Waals surface area contributed by atoms with Gasteiger partial charge in [-0.05, 0) is 22.5 Å². The molecule has 1 aliphatic rings. The standard InChI is InChI=1S/C18H26N2O4/c1-10(2)11-8-6-7-9-12(11)14-16(20(23)24)13(18(3,4)5)15(19-14)17(21)22/h6-10,13-16,19H,1-5H3,(H,21,22). The van der Waals surface area contributed by atoms with Crippen LogP contribution in [0.15, 0.2) is 24.3 Å². The maximum Gasteiger partial charge on any atom is 0.321 e. The van der Waals surface area contributed by atoms with E-state index in [2.05, 4.69) is 5.32 Å². The van der Waals surface area contributed by atoms with Gasteiger partial charge in [0.1, 0.15) is 12.1 Å². The third-order valence-electron chi connectivity index (χ3n) is 4.89. The SMILES string of the molecule is CC(C)c1ccccc1C1NC(C(=O)O)C(C(C)(C)C)C1[N+](=O)[O-]. The number of benzene rings is 1. The minimum absolute atomic E-state index is 0.201. The van der Waals surface area contributed by atoms with Crippen molar-refractivity contribution in [1.82, 2.24) is 5.32 Å². The number of nitrogens with zero attached hydrogens (tertiary/aromatic N) is 1. The molecule has 1 saturated heterocycles. The lowest BCUT2D eigenvalue weighted by Crippen LogP contribution is -2.44. The molecule has 0 aromatic heterocycles. The minimum atomic E-state index is -1.04. The molecule has 1 aliphatic heterocycles. The largest absolute Gasteiger partial charge is 0.480 e. The van der Waals surface area contributed by atoms with E-state index in [0.29, 0.717) is 0 Å². The lowest BCUT2D eigenvalue weighted by Gasteiger charge is -2.30. The van der Waals surface area contributed by atoms with Gasteiger partial charge >= 0.3 is 5.97 Å². The number of aliphatic carboxylic acids is 1. The zero-order valence-corrected chi connectivity index (χ0v) is 14.8. The number of hydrogen-bond donors (Lipinski definition) is 2. The minimum Gasteiger partial charge on any atom is -0.480 e. The van der Waals surface area contributed by atoms with Crippen molar-refractivity contribution in [3.63, 3.8) is 0 Å². The first-order chi connectivity index (χ1) is 11.1. The number of nitro groups is 1. The molecular weight excluding hydrogens is 308 g/mol. The number of rotatable bonds is 4. The van der Waals surface area contributed by atoms with Crippen LogP contribution in [0.25, 0.3) is 0 Å². The van der Waals surface area contributed by atoms with Crippen molar-refractivity contribution < 1.29 is 14.8 Å². The smallest absolute Gasteiger partial charge is 0.321 e. The maximum atomic E-state index is 11.9. The van der Waals surface area contributed by atoms with Crippen LogP contribution in [0.5, 0.6) is 0 Å². The molecule has 0 amide bonds. The topological polar surface area (TPSA) is 92.5 Å². The van der Waals surface area contributed by atoms with E-state index >= 15 is 0 Å². The van der Waals surface area contributed by atoms with Gasteiger partial charge in [-0.2, -0.15) is 0 Å². The Labute approximate surface area is 142 Å². The molecule has 0 spiro atoms. The summed E-state index contributed by atoms with van der Waals surface area (Å²) in [5.41, 5.74) is 1.34. The van der Waals surface area contributed by atoms with E-state index in [9.17, 15) is 20.0 Å². The summed E-state index contributed by atoms with van der Waals surface area (Å²) in [6.07, 6.45) is 0. The van der Waals surface area contributed by atoms with Crippen LogP contribution in [0.2, 0.25) is 0 Å². The molecule has 24 heavy (non-hydrogen) atoms. The predicted molar refractivity (Wildman–Crippen MR) is 91.6 cm³/mol. The summed E-state index contributed by atoms with van der Waals surface area (Å²) in [6.45, 7) is 9.66. The average molecular weight is 334 g/mol. The van der Waals surface area contributed by atoms with Gasteiger partial charge in [0.25, 0.3) is 0 Å². The van der Waals surface area contributed by atoms with Crippen LogP contribution in [-0.4, -0.2) is 28.1 Å². The molecule has 6 heteroatoms. The highest BCUT2D eigenvalue weighted by molar-refractivity contribution is 5.75. The molecule has 1 aromatic rings. The van der Waals surface area contributed by atoms with Crippen LogP contribution >= 0.6 is 0 Å². The average Bonchev–Trinajstić information content (AvgIpc) is 2.88. The van der Waals surface area contributed by atoms with E-state index < -0.39 is 35.4 Å². The predicted octanol–water partition coefficient (Wildman–Crippen LogP) is 3.22. The molecule has 4 unspecified atom stereocenters. The summed E-state index contributed by atoms with van der Waals surface area (Å²) < 4.78 is 0. The van der Waals surface area contributed by atoms with Gasteiger partial charge in [-0.15, -0.1) is 0 Å². The second-order valence-electron chi connectivity index (χ2n) is 7.91. The third kappa shape index (κ3) is 3.29. The zero-order valence-electron chi connectivity index (χ0n) is 14.8. The molecule has 1 heterocycles. The monoisotopic (exact) mass is 334 g/mol. The Morgan fingerprint density at radius 2 is 1.88 bits per heavy atom. The summed E-state index contributed by atoms with van der Waals surface area (Å²) in [5, 5.41) is 24.5. The Morgan fingerprint density at radius 1 is 1.29 bits per heavy atom. The van der Waals surface area contributed by atoms with Gasteiger partial charge in [-0.3, -0.25) is 20.2 Å². The summed E-state index contributed by atoms with van der Waals surface area (Å²) in [4.78, 5) is 23.3. The molecule has 4 atom stereocenters. The Bertz CT molecular complexity index is 636. The van der Waals surface area contributed by atoms with E-state index in [1.54, 1.807) is 0 Å². The first-order valence-corrected chi connectivity index (χ1v) is 8.27. The van der Waals surface area contributed by atoms with Crippen LogP contribution in [0.4, 0.5) is 0 Å². The van der Waals surface area contributed by atoms with Gasteiger partial charge in [0.05, 0.1) is 5.92 Å². The normalized spacial score (nSPS) is 27.4. The number of nitrogens with one attached hydrogen (secondary N) is 1. The van der Waals surface area contributed by atoms with Crippen molar-refractivity contribution in [1.29, 1.82) is 0 Å². The van der Waals surface area contributed by atoms with Crippen molar-refractivity contribution in [3.8, 4) is 0 Å². The third-order valence-corrected chi connectivity index (χ3v) is 4.89. The Kier molecular flexibility index (Phi) is 4.99. The van der Waals surface area contributed by atoms with Crippen molar-refractivity contribution in [3.05, 3.63) is 45.5 Å². The van der Waals surface area contributed by atoms with Crippen LogP contribution in [0, 0.1) is 21.4 Å². The van der Waals surface area contributed by atoms with Crippen LogP contribution in [-0.2, 0) is 4.79 Å². The Morgan fingerprint density at radius 3 is 2.33 bits per heavy atom. The van der Waals surface area contributed by atoms with Crippen molar-refractivity contribution >= 4 is 5.97 Å². The summed E-state index contributed by atoms with van der Waals surface area (Å²) in [5.74, 6) is -1.44. The fourth-order valence-corrected chi connectivity index (χ4v) is 3.88. The number of carbonyl (C=O) groups is 1. The molecular formula is C18H26N2O4. The lowest BCUT2D eigenvalue weighted by atomic mass is 9.72. The van der Waals surface area contributed by atoms with E-state index in [4.69, 9.17) is 0 Å². The summed E-state index contributed by atoms with van der Waals surface area (Å²) in [7, 11) is 0. The molecule has 0 radical (unpaired) electrons. The first kappa shape index (κ1) is 18.4. The quantitative estimate of drug-likeness (QED) is 0.651. The molecule has 6 nitrogen and oxygen atoms in total. The second-order valence-corrected chi connectivity index (χ2v) is 7.91. The van der Waals surface area contributed by atoms with E-state index in [1.807, 2.05) is 58.9 Å². The van der Waals surface area contributed by atoms with E-state index in [1.165, 1.54) is 0 Å². The van der Waals surface area contributed by atoms with Gasteiger partial charge in [0.15, 0.2) is 0 Å². The number of hydrogen-bond acceptors (Lipinski definition) is 4.